The summed E-state index contributed by atoms with van der Waals surface area (Å²) in [5.41, 5.74) is 2.54. The van der Waals surface area contributed by atoms with Gasteiger partial charge in [0.25, 0.3) is 11.7 Å². The minimum Gasteiger partial charge on any atom is -0.347 e. The Kier molecular flexibility index (Phi) is 4.48. The molecule has 0 saturated heterocycles. The fraction of sp³-hybridized carbons (Fsp3) is 0.524. The van der Waals surface area contributed by atoms with Crippen LogP contribution >= 0.6 is 0 Å². The number of amides is 1. The number of Topliss-reactive ketones (excluding diaryl/α,β-unsaturated/α-hetero) is 1. The van der Waals surface area contributed by atoms with Crippen molar-refractivity contribution in [3.05, 3.63) is 35.5 Å². The highest BCUT2D eigenvalue weighted by Gasteiger charge is 2.34. The monoisotopic (exact) mass is 340 g/mol. The first-order valence-electron chi connectivity index (χ1n) is 9.09. The summed E-state index contributed by atoms with van der Waals surface area (Å²) in [5.74, 6) is -0.344. The molecule has 1 aliphatic carbocycles. The zero-order valence-electron chi connectivity index (χ0n) is 15.8. The zero-order valence-corrected chi connectivity index (χ0v) is 15.8. The minimum atomic E-state index is -0.477. The minimum absolute atomic E-state index is 0.0745. The van der Waals surface area contributed by atoms with E-state index in [2.05, 4.69) is 26.1 Å². The molecule has 1 aliphatic rings. The van der Waals surface area contributed by atoms with E-state index in [0.717, 1.165) is 35.9 Å². The van der Waals surface area contributed by atoms with Gasteiger partial charge in [-0.3, -0.25) is 9.59 Å². The average Bonchev–Trinajstić information content (AvgIpc) is 2.76. The van der Waals surface area contributed by atoms with Crippen LogP contribution in [0, 0.1) is 18.3 Å². The molecule has 1 amide bonds. The molecule has 0 aliphatic heterocycles. The summed E-state index contributed by atoms with van der Waals surface area (Å²) >= 11 is 0. The molecule has 0 spiro atoms. The lowest BCUT2D eigenvalue weighted by molar-refractivity contribution is -0.118. The molecule has 1 fully saturated rings. The summed E-state index contributed by atoms with van der Waals surface area (Å²) in [5, 5.41) is 3.85. The molecule has 4 heteroatoms. The van der Waals surface area contributed by atoms with Crippen molar-refractivity contribution in [2.75, 3.05) is 0 Å². The normalized spacial score (nSPS) is 22.8. The molecule has 1 heterocycles. The van der Waals surface area contributed by atoms with Gasteiger partial charge in [0, 0.05) is 29.7 Å². The number of nitrogens with one attached hydrogen (secondary N) is 1. The van der Waals surface area contributed by atoms with Crippen LogP contribution < -0.4 is 5.32 Å². The SMILES string of the molecule is Cc1c(C(=O)C(=O)N[C@H]2C[C@H](C)CC(C)(C)C2)c2ccccc2n1C. The second-order valence-corrected chi connectivity index (χ2v) is 8.45. The Labute approximate surface area is 149 Å². The van der Waals surface area contributed by atoms with E-state index >= 15 is 0 Å². The summed E-state index contributed by atoms with van der Waals surface area (Å²) < 4.78 is 1.97. The Hall–Kier alpha value is -2.10. The summed E-state index contributed by atoms with van der Waals surface area (Å²) in [7, 11) is 1.93. The summed E-state index contributed by atoms with van der Waals surface area (Å²) in [4.78, 5) is 25.5. The summed E-state index contributed by atoms with van der Waals surface area (Å²) in [6.45, 7) is 8.58. The van der Waals surface area contributed by atoms with E-state index in [-0.39, 0.29) is 11.5 Å². The lowest BCUT2D eigenvalue weighted by Crippen LogP contribution is -2.45. The molecule has 134 valence electrons. The van der Waals surface area contributed by atoms with Gasteiger partial charge in [-0.05, 0) is 43.6 Å². The molecule has 0 bridgehead atoms. The number of benzene rings is 1. The van der Waals surface area contributed by atoms with E-state index in [1.165, 1.54) is 0 Å². The number of rotatable bonds is 3. The van der Waals surface area contributed by atoms with Crippen molar-refractivity contribution in [2.45, 2.75) is 53.0 Å². The molecular formula is C21H28N2O2. The van der Waals surface area contributed by atoms with E-state index < -0.39 is 11.7 Å². The Morgan fingerprint density at radius 1 is 1.20 bits per heavy atom. The molecule has 1 aromatic carbocycles. The van der Waals surface area contributed by atoms with Crippen molar-refractivity contribution < 1.29 is 9.59 Å². The van der Waals surface area contributed by atoms with Crippen LogP contribution in [-0.4, -0.2) is 22.3 Å². The van der Waals surface area contributed by atoms with Gasteiger partial charge in [-0.25, -0.2) is 0 Å². The van der Waals surface area contributed by atoms with E-state index in [1.54, 1.807) is 0 Å². The van der Waals surface area contributed by atoms with Crippen LogP contribution in [0.15, 0.2) is 24.3 Å². The predicted octanol–water partition coefficient (Wildman–Crippen LogP) is 4.00. The zero-order chi connectivity index (χ0) is 18.4. The number of fused-ring (bicyclic) bond motifs is 1. The van der Waals surface area contributed by atoms with E-state index in [4.69, 9.17) is 0 Å². The number of carbonyl (C=O) groups excluding carboxylic acids is 2. The van der Waals surface area contributed by atoms with E-state index in [1.807, 2.05) is 42.8 Å². The fourth-order valence-corrected chi connectivity index (χ4v) is 4.63. The van der Waals surface area contributed by atoms with Gasteiger partial charge in [-0.15, -0.1) is 0 Å². The topological polar surface area (TPSA) is 51.1 Å². The Bertz CT molecular complexity index is 832. The first-order valence-corrected chi connectivity index (χ1v) is 9.09. The largest absolute Gasteiger partial charge is 0.347 e. The number of para-hydroxylation sites is 1. The third kappa shape index (κ3) is 3.35. The van der Waals surface area contributed by atoms with Crippen LogP contribution in [0.5, 0.6) is 0 Å². The smallest absolute Gasteiger partial charge is 0.292 e. The third-order valence-electron chi connectivity index (χ3n) is 5.56. The van der Waals surface area contributed by atoms with Gasteiger partial charge in [0.1, 0.15) is 0 Å². The predicted molar refractivity (Wildman–Crippen MR) is 101 cm³/mol. The van der Waals surface area contributed by atoms with Crippen molar-refractivity contribution in [1.82, 2.24) is 9.88 Å². The highest BCUT2D eigenvalue weighted by molar-refractivity contribution is 6.45. The van der Waals surface area contributed by atoms with Crippen LogP contribution in [0.2, 0.25) is 0 Å². The number of nitrogens with zero attached hydrogens (tertiary/aromatic N) is 1. The van der Waals surface area contributed by atoms with Gasteiger partial charge in [-0.1, -0.05) is 39.0 Å². The van der Waals surface area contributed by atoms with Gasteiger partial charge < -0.3 is 9.88 Å². The van der Waals surface area contributed by atoms with Gasteiger partial charge in [0.2, 0.25) is 0 Å². The molecule has 2 aromatic rings. The third-order valence-corrected chi connectivity index (χ3v) is 5.56. The highest BCUT2D eigenvalue weighted by atomic mass is 16.2. The Balaban J connectivity index is 1.84. The number of aromatic nitrogens is 1. The second kappa shape index (κ2) is 6.32. The second-order valence-electron chi connectivity index (χ2n) is 8.45. The Morgan fingerprint density at radius 2 is 1.88 bits per heavy atom. The maximum absolute atomic E-state index is 12.9. The van der Waals surface area contributed by atoms with E-state index in [0.29, 0.717) is 11.5 Å². The maximum Gasteiger partial charge on any atom is 0.292 e. The van der Waals surface area contributed by atoms with Crippen molar-refractivity contribution in [1.29, 1.82) is 0 Å². The first-order chi connectivity index (χ1) is 11.7. The van der Waals surface area contributed by atoms with Crippen molar-refractivity contribution >= 4 is 22.6 Å². The molecular weight excluding hydrogens is 312 g/mol. The summed E-state index contributed by atoms with van der Waals surface area (Å²) in [6.07, 6.45) is 3.03. The van der Waals surface area contributed by atoms with Crippen molar-refractivity contribution in [3.8, 4) is 0 Å². The highest BCUT2D eigenvalue weighted by Crippen LogP contribution is 2.38. The van der Waals surface area contributed by atoms with Gasteiger partial charge in [0.15, 0.2) is 0 Å². The average molecular weight is 340 g/mol. The van der Waals surface area contributed by atoms with Crippen LogP contribution in [0.1, 0.15) is 56.1 Å². The molecule has 1 N–H and O–H groups in total. The lowest BCUT2D eigenvalue weighted by Gasteiger charge is -2.39. The van der Waals surface area contributed by atoms with Crippen molar-refractivity contribution in [2.24, 2.45) is 18.4 Å². The van der Waals surface area contributed by atoms with Crippen molar-refractivity contribution in [3.63, 3.8) is 0 Å². The molecule has 1 aromatic heterocycles. The molecule has 2 atom stereocenters. The number of carbonyl (C=O) groups is 2. The van der Waals surface area contributed by atoms with Gasteiger partial charge >= 0.3 is 0 Å². The van der Waals surface area contributed by atoms with Gasteiger partial charge in [-0.2, -0.15) is 0 Å². The molecule has 1 saturated carbocycles. The summed E-state index contributed by atoms with van der Waals surface area (Å²) in [6, 6.07) is 7.81. The maximum atomic E-state index is 12.9. The van der Waals surface area contributed by atoms with Gasteiger partial charge in [0.05, 0.1) is 5.56 Å². The molecule has 25 heavy (non-hydrogen) atoms. The fourth-order valence-electron chi connectivity index (χ4n) is 4.63. The van der Waals surface area contributed by atoms with Crippen LogP contribution in [-0.2, 0) is 11.8 Å². The molecule has 0 radical (unpaired) electrons. The van der Waals surface area contributed by atoms with E-state index in [9.17, 15) is 9.59 Å². The van der Waals surface area contributed by atoms with Crippen LogP contribution in [0.3, 0.4) is 0 Å². The molecule has 4 nitrogen and oxygen atoms in total. The number of hydrogen-bond donors (Lipinski definition) is 1. The Morgan fingerprint density at radius 3 is 2.56 bits per heavy atom. The lowest BCUT2D eigenvalue weighted by atomic mass is 9.70. The first kappa shape index (κ1) is 17.7. The number of hydrogen-bond acceptors (Lipinski definition) is 2. The molecule has 3 rings (SSSR count). The van der Waals surface area contributed by atoms with Crippen LogP contribution in [0.25, 0.3) is 10.9 Å². The quantitative estimate of drug-likeness (QED) is 0.678. The standard InChI is InChI=1S/C21H28N2O2/c1-13-10-15(12-21(3,4)11-13)22-20(25)19(24)18-14(2)23(5)17-9-7-6-8-16(17)18/h6-9,13,15H,10-12H2,1-5H3,(H,22,25)/t13-,15-/m0/s1. The molecule has 0 unspecified atom stereocenters. The van der Waals surface area contributed by atoms with Crippen LogP contribution in [0.4, 0.5) is 0 Å². The number of ketones is 1. The number of aryl methyl sites for hydroxylation is 1.